The molecule has 2 atom stereocenters. The molecule has 0 spiro atoms. The minimum Gasteiger partial charge on any atom is -0.481 e. The number of rotatable bonds is 5. The van der Waals surface area contributed by atoms with Gasteiger partial charge in [-0.2, -0.15) is 0 Å². The predicted octanol–water partition coefficient (Wildman–Crippen LogP) is 2.54. The van der Waals surface area contributed by atoms with Gasteiger partial charge in [0.05, 0.1) is 11.5 Å². The second-order valence-corrected chi connectivity index (χ2v) is 7.70. The van der Waals surface area contributed by atoms with Crippen molar-refractivity contribution in [3.63, 3.8) is 0 Å². The number of hydrogen-bond donors (Lipinski definition) is 4. The Bertz CT molecular complexity index is 732. The van der Waals surface area contributed by atoms with Gasteiger partial charge in [0.2, 0.25) is 0 Å². The normalized spacial score (nSPS) is 22.8. The van der Waals surface area contributed by atoms with E-state index in [1.807, 2.05) is 19.1 Å². The van der Waals surface area contributed by atoms with Crippen LogP contribution in [0.25, 0.3) is 0 Å². The van der Waals surface area contributed by atoms with Crippen LogP contribution in [0, 0.1) is 5.41 Å². The number of carbonyl (C=O) groups excluding carboxylic acids is 2. The molecule has 8 heteroatoms. The first-order chi connectivity index (χ1) is 12.8. The summed E-state index contributed by atoms with van der Waals surface area (Å²) in [5, 5.41) is 17.8. The number of nitrogens with one attached hydrogen (secondary N) is 3. The van der Waals surface area contributed by atoms with Crippen molar-refractivity contribution in [2.24, 2.45) is 5.41 Å². The van der Waals surface area contributed by atoms with Crippen LogP contribution in [-0.2, 0) is 4.79 Å². The molecule has 2 unspecified atom stereocenters. The highest BCUT2D eigenvalue weighted by Crippen LogP contribution is 2.30. The zero-order valence-electron chi connectivity index (χ0n) is 15.6. The molecule has 1 saturated heterocycles. The third-order valence-electron chi connectivity index (χ3n) is 5.20. The molecule has 2 aliphatic rings. The highest BCUT2D eigenvalue weighted by atomic mass is 16.4. The Morgan fingerprint density at radius 2 is 1.89 bits per heavy atom. The number of carboxylic acid groups (broad SMARTS) is 1. The zero-order valence-corrected chi connectivity index (χ0v) is 15.6. The molecule has 4 N–H and O–H groups in total. The van der Waals surface area contributed by atoms with Gasteiger partial charge in [-0.3, -0.25) is 4.79 Å². The largest absolute Gasteiger partial charge is 0.481 e. The van der Waals surface area contributed by atoms with Gasteiger partial charge < -0.3 is 26.0 Å². The number of benzene rings is 1. The molecule has 1 saturated carbocycles. The van der Waals surface area contributed by atoms with Crippen molar-refractivity contribution in [2.45, 2.75) is 45.2 Å². The number of nitrogens with zero attached hydrogens (tertiary/aromatic N) is 1. The molecular formula is C19H26N4O4. The van der Waals surface area contributed by atoms with Crippen molar-refractivity contribution in [1.29, 1.82) is 0 Å². The van der Waals surface area contributed by atoms with Gasteiger partial charge >= 0.3 is 18.0 Å². The first kappa shape index (κ1) is 19.0. The van der Waals surface area contributed by atoms with Gasteiger partial charge in [-0.25, -0.2) is 9.59 Å². The summed E-state index contributed by atoms with van der Waals surface area (Å²) >= 11 is 0. The number of anilines is 1. The molecule has 1 aromatic carbocycles. The Balaban J connectivity index is 1.51. The maximum atomic E-state index is 12.4. The molecule has 4 amide bonds. The molecule has 0 aromatic heterocycles. The molecule has 2 fully saturated rings. The molecule has 1 heterocycles. The molecule has 27 heavy (non-hydrogen) atoms. The zero-order chi connectivity index (χ0) is 19.6. The SMILES string of the molecule is CC(NC(=O)N1CCC(C)(C(=O)O)C1)c1ccc(NC(=O)NC2CC2)cc1. The van der Waals surface area contributed by atoms with Crippen LogP contribution in [0.4, 0.5) is 15.3 Å². The van der Waals surface area contributed by atoms with Gasteiger partial charge in [0.15, 0.2) is 0 Å². The highest BCUT2D eigenvalue weighted by molar-refractivity contribution is 5.89. The van der Waals surface area contributed by atoms with Crippen molar-refractivity contribution in [3.05, 3.63) is 29.8 Å². The lowest BCUT2D eigenvalue weighted by atomic mass is 9.90. The van der Waals surface area contributed by atoms with Crippen LogP contribution < -0.4 is 16.0 Å². The molecule has 0 bridgehead atoms. The summed E-state index contributed by atoms with van der Waals surface area (Å²) < 4.78 is 0. The molecule has 1 aliphatic carbocycles. The summed E-state index contributed by atoms with van der Waals surface area (Å²) in [7, 11) is 0. The Hall–Kier alpha value is -2.77. The lowest BCUT2D eigenvalue weighted by Gasteiger charge is -2.23. The van der Waals surface area contributed by atoms with E-state index >= 15 is 0 Å². The van der Waals surface area contributed by atoms with Gasteiger partial charge in [0.1, 0.15) is 0 Å². The van der Waals surface area contributed by atoms with E-state index in [9.17, 15) is 19.5 Å². The number of hydrogen-bond acceptors (Lipinski definition) is 3. The van der Waals surface area contributed by atoms with E-state index in [-0.39, 0.29) is 24.6 Å². The van der Waals surface area contributed by atoms with E-state index in [4.69, 9.17) is 0 Å². The summed E-state index contributed by atoms with van der Waals surface area (Å²) in [5.74, 6) is -0.875. The number of carboxylic acids is 1. The molecule has 3 rings (SSSR count). The van der Waals surface area contributed by atoms with Crippen molar-refractivity contribution in [3.8, 4) is 0 Å². The standard InChI is InChI=1S/C19H26N4O4/c1-12(20-18(27)23-10-9-19(2,11-23)16(24)25)13-3-5-14(6-4-13)21-17(26)22-15-7-8-15/h3-6,12,15H,7-11H2,1-2H3,(H,20,27)(H,24,25)(H2,21,22,26). The first-order valence-corrected chi connectivity index (χ1v) is 9.23. The summed E-state index contributed by atoms with van der Waals surface area (Å²) in [4.78, 5) is 37.0. The number of carbonyl (C=O) groups is 3. The van der Waals surface area contributed by atoms with Crippen LogP contribution in [0.15, 0.2) is 24.3 Å². The average molecular weight is 374 g/mol. The molecular weight excluding hydrogens is 348 g/mol. The quantitative estimate of drug-likeness (QED) is 0.635. The summed E-state index contributed by atoms with van der Waals surface area (Å²) in [5.41, 5.74) is 0.707. The van der Waals surface area contributed by atoms with E-state index in [1.54, 1.807) is 24.0 Å². The molecule has 8 nitrogen and oxygen atoms in total. The predicted molar refractivity (Wildman–Crippen MR) is 100 cm³/mol. The second-order valence-electron chi connectivity index (χ2n) is 7.70. The number of likely N-dealkylation sites (tertiary alicyclic amines) is 1. The fraction of sp³-hybridized carbons (Fsp3) is 0.526. The Morgan fingerprint density at radius 3 is 2.44 bits per heavy atom. The van der Waals surface area contributed by atoms with Crippen molar-refractivity contribution in [2.75, 3.05) is 18.4 Å². The van der Waals surface area contributed by atoms with E-state index in [0.717, 1.165) is 18.4 Å². The van der Waals surface area contributed by atoms with Gasteiger partial charge in [-0.05, 0) is 50.8 Å². The summed E-state index contributed by atoms with van der Waals surface area (Å²) in [6.45, 7) is 4.17. The Kier molecular flexibility index (Phi) is 5.25. The monoisotopic (exact) mass is 374 g/mol. The number of amides is 4. The Morgan fingerprint density at radius 1 is 1.22 bits per heavy atom. The fourth-order valence-corrected chi connectivity index (χ4v) is 3.10. The topological polar surface area (TPSA) is 111 Å². The number of urea groups is 2. The van der Waals surface area contributed by atoms with E-state index in [1.165, 1.54) is 0 Å². The van der Waals surface area contributed by atoms with Crippen molar-refractivity contribution >= 4 is 23.7 Å². The lowest BCUT2D eigenvalue weighted by molar-refractivity contribution is -0.147. The summed E-state index contributed by atoms with van der Waals surface area (Å²) in [6, 6.07) is 6.88. The first-order valence-electron chi connectivity index (χ1n) is 9.23. The van der Waals surface area contributed by atoms with Gasteiger partial charge in [-0.15, -0.1) is 0 Å². The van der Waals surface area contributed by atoms with E-state index in [2.05, 4.69) is 16.0 Å². The second kappa shape index (κ2) is 7.46. The molecule has 1 aromatic rings. The molecule has 1 aliphatic heterocycles. The van der Waals surface area contributed by atoms with Crippen LogP contribution in [0.5, 0.6) is 0 Å². The minimum absolute atomic E-state index is 0.206. The Labute approximate surface area is 158 Å². The third-order valence-corrected chi connectivity index (χ3v) is 5.20. The third kappa shape index (κ3) is 4.69. The lowest BCUT2D eigenvalue weighted by Crippen LogP contribution is -2.41. The van der Waals surface area contributed by atoms with Crippen molar-refractivity contribution < 1.29 is 19.5 Å². The van der Waals surface area contributed by atoms with Crippen LogP contribution in [0.2, 0.25) is 0 Å². The van der Waals surface area contributed by atoms with Gasteiger partial charge in [-0.1, -0.05) is 12.1 Å². The minimum atomic E-state index is -0.880. The highest BCUT2D eigenvalue weighted by Gasteiger charge is 2.42. The van der Waals surface area contributed by atoms with Crippen LogP contribution >= 0.6 is 0 Å². The number of aliphatic carboxylic acids is 1. The molecule has 146 valence electrons. The fourth-order valence-electron chi connectivity index (χ4n) is 3.10. The van der Waals surface area contributed by atoms with Crippen molar-refractivity contribution in [1.82, 2.24) is 15.5 Å². The van der Waals surface area contributed by atoms with Gasteiger partial charge in [0, 0.05) is 24.8 Å². The maximum Gasteiger partial charge on any atom is 0.319 e. The van der Waals surface area contributed by atoms with Crippen LogP contribution in [0.1, 0.15) is 44.7 Å². The van der Waals surface area contributed by atoms with E-state index in [0.29, 0.717) is 24.7 Å². The van der Waals surface area contributed by atoms with E-state index < -0.39 is 11.4 Å². The van der Waals surface area contributed by atoms with Gasteiger partial charge in [0.25, 0.3) is 0 Å². The van der Waals surface area contributed by atoms with Crippen LogP contribution in [-0.4, -0.2) is 47.2 Å². The maximum absolute atomic E-state index is 12.4. The van der Waals surface area contributed by atoms with Crippen LogP contribution in [0.3, 0.4) is 0 Å². The molecule has 0 radical (unpaired) electrons. The average Bonchev–Trinajstić information content (AvgIpc) is 3.33. The summed E-state index contributed by atoms with van der Waals surface area (Å²) in [6.07, 6.45) is 2.52. The smallest absolute Gasteiger partial charge is 0.319 e.